The van der Waals surface area contributed by atoms with Gasteiger partial charge in [0.25, 0.3) is 0 Å². The predicted molar refractivity (Wildman–Crippen MR) is 98.2 cm³/mol. The van der Waals surface area contributed by atoms with Gasteiger partial charge in [0.2, 0.25) is 0 Å². The van der Waals surface area contributed by atoms with Gasteiger partial charge in [-0.3, -0.25) is 13.9 Å². The Morgan fingerprint density at radius 3 is 2.64 bits per heavy atom. The fourth-order valence-corrected chi connectivity index (χ4v) is 5.28. The average Bonchev–Trinajstić information content (AvgIpc) is 2.76. The first kappa shape index (κ1) is 18.4. The van der Waals surface area contributed by atoms with E-state index in [1.54, 1.807) is 36.4 Å². The van der Waals surface area contributed by atoms with Gasteiger partial charge in [0, 0.05) is 33.3 Å². The van der Waals surface area contributed by atoms with E-state index in [4.69, 9.17) is 33.0 Å². The molecular weight excluding hydrogens is 387 g/mol. The van der Waals surface area contributed by atoms with E-state index in [0.717, 1.165) is 5.56 Å². The summed E-state index contributed by atoms with van der Waals surface area (Å²) in [5, 5.41) is 10.00. The molecule has 0 aliphatic carbocycles. The minimum Gasteiger partial charge on any atom is -0.489 e. The number of hydrogen-bond acceptors (Lipinski definition) is 4. The van der Waals surface area contributed by atoms with E-state index in [0.29, 0.717) is 26.3 Å². The highest BCUT2D eigenvalue weighted by Crippen LogP contribution is 2.60. The fraction of sp³-hybridized carbons (Fsp3) is 0.235. The summed E-state index contributed by atoms with van der Waals surface area (Å²) in [4.78, 5) is 11.3. The van der Waals surface area contributed by atoms with Gasteiger partial charge < -0.3 is 9.84 Å². The first-order chi connectivity index (χ1) is 11.8. The van der Waals surface area contributed by atoms with Gasteiger partial charge in [-0.2, -0.15) is 10.6 Å². The quantitative estimate of drug-likeness (QED) is 0.635. The Bertz CT molecular complexity index is 825. The molecule has 3 rings (SSSR count). The molecule has 5 nitrogen and oxygen atoms in total. The van der Waals surface area contributed by atoms with E-state index in [1.165, 1.54) is 0 Å². The van der Waals surface area contributed by atoms with E-state index in [9.17, 15) is 13.9 Å². The summed E-state index contributed by atoms with van der Waals surface area (Å²) in [6.45, 7) is 0.201. The first-order valence-electron chi connectivity index (χ1n) is 7.44. The molecule has 0 saturated heterocycles. The molecule has 3 N–H and O–H groups in total. The number of carboxylic acids is 1. The van der Waals surface area contributed by atoms with Gasteiger partial charge in [0.15, 0.2) is 0 Å². The molecule has 1 aliphatic heterocycles. The van der Waals surface area contributed by atoms with Gasteiger partial charge in [-0.05, 0) is 23.8 Å². The molecule has 134 valence electrons. The van der Waals surface area contributed by atoms with Crippen molar-refractivity contribution in [3.63, 3.8) is 0 Å². The van der Waals surface area contributed by atoms with Crippen molar-refractivity contribution in [2.75, 3.05) is 5.75 Å². The van der Waals surface area contributed by atoms with Crippen LogP contribution in [-0.4, -0.2) is 25.9 Å². The van der Waals surface area contributed by atoms with Crippen LogP contribution >= 0.6 is 33.8 Å². The van der Waals surface area contributed by atoms with Crippen molar-refractivity contribution in [1.29, 1.82) is 0 Å². The lowest BCUT2D eigenvalue weighted by Gasteiger charge is -2.27. The Labute approximate surface area is 156 Å². The summed E-state index contributed by atoms with van der Waals surface area (Å²) in [7, 11) is -3.01. The van der Waals surface area contributed by atoms with Gasteiger partial charge in [0.05, 0.1) is 11.3 Å². The third-order valence-electron chi connectivity index (χ3n) is 4.04. The molecule has 0 spiro atoms. The number of fused-ring (bicyclic) bond motifs is 1. The topological polar surface area (TPSA) is 87.0 Å². The monoisotopic (exact) mass is 402 g/mol. The van der Waals surface area contributed by atoms with Gasteiger partial charge in [-0.15, -0.1) is 0 Å². The van der Waals surface area contributed by atoms with Crippen molar-refractivity contribution in [3.8, 4) is 5.75 Å². The standard InChI is InChI=1S/C17H16Cl2O5S/c18-12-2-1-10(15(19)6-12)8-24-13-3-4-14-11(5-17(20)21)9-25(22,23)16(14)7-13/h1-4,6-7,11,22-23H,5,8-9H2,(H,20,21). The number of ether oxygens (including phenoxy) is 1. The highest BCUT2D eigenvalue weighted by atomic mass is 35.5. The number of benzene rings is 2. The molecule has 2 aromatic carbocycles. The molecule has 0 bridgehead atoms. The van der Waals surface area contributed by atoms with Gasteiger partial charge >= 0.3 is 5.97 Å². The van der Waals surface area contributed by atoms with Crippen LogP contribution in [0, 0.1) is 0 Å². The van der Waals surface area contributed by atoms with Crippen LogP contribution in [0.15, 0.2) is 41.3 Å². The predicted octanol–water partition coefficient (Wildman–Crippen LogP) is 5.25. The zero-order valence-corrected chi connectivity index (χ0v) is 15.3. The SMILES string of the molecule is O=C(O)CC1CS(O)(O)c2cc(OCc3ccc(Cl)cc3Cl)ccc21. The number of carboxylic acid groups (broad SMARTS) is 1. The second kappa shape index (κ2) is 7.05. The molecule has 0 fully saturated rings. The molecule has 1 heterocycles. The maximum Gasteiger partial charge on any atom is 0.304 e. The van der Waals surface area contributed by atoms with Crippen molar-refractivity contribution in [2.24, 2.45) is 0 Å². The number of carbonyl (C=O) groups is 1. The zero-order chi connectivity index (χ0) is 18.2. The highest BCUT2D eigenvalue weighted by molar-refractivity contribution is 8.24. The number of halogens is 2. The van der Waals surface area contributed by atoms with Crippen molar-refractivity contribution in [2.45, 2.75) is 23.8 Å². The average molecular weight is 403 g/mol. The van der Waals surface area contributed by atoms with E-state index in [2.05, 4.69) is 0 Å². The minimum absolute atomic E-state index is 0.0289. The number of aliphatic carboxylic acids is 1. The minimum atomic E-state index is -3.01. The molecule has 2 aromatic rings. The second-order valence-corrected chi connectivity index (χ2v) is 8.80. The van der Waals surface area contributed by atoms with E-state index in [-0.39, 0.29) is 18.8 Å². The summed E-state index contributed by atoms with van der Waals surface area (Å²) in [5.74, 6) is -0.884. The van der Waals surface area contributed by atoms with Crippen LogP contribution in [0.2, 0.25) is 10.0 Å². The van der Waals surface area contributed by atoms with E-state index < -0.39 is 22.5 Å². The Balaban J connectivity index is 1.80. The van der Waals surface area contributed by atoms with Crippen molar-refractivity contribution in [1.82, 2.24) is 0 Å². The number of hydrogen-bond donors (Lipinski definition) is 3. The molecule has 0 radical (unpaired) electrons. The molecule has 0 amide bonds. The summed E-state index contributed by atoms with van der Waals surface area (Å²) in [6, 6.07) is 10.0. The second-order valence-electron chi connectivity index (χ2n) is 5.85. The summed E-state index contributed by atoms with van der Waals surface area (Å²) >= 11 is 12.0. The zero-order valence-electron chi connectivity index (χ0n) is 13.0. The lowest BCUT2D eigenvalue weighted by molar-refractivity contribution is -0.137. The summed E-state index contributed by atoms with van der Waals surface area (Å²) < 4.78 is 26.2. The number of rotatable bonds is 5. The van der Waals surface area contributed by atoms with Gasteiger partial charge in [-0.25, -0.2) is 0 Å². The smallest absolute Gasteiger partial charge is 0.304 e. The molecule has 1 aliphatic rings. The van der Waals surface area contributed by atoms with E-state index in [1.807, 2.05) is 0 Å². The third-order valence-corrected chi connectivity index (χ3v) is 6.55. The van der Waals surface area contributed by atoms with Crippen LogP contribution in [-0.2, 0) is 11.4 Å². The van der Waals surface area contributed by atoms with Crippen LogP contribution in [0.1, 0.15) is 23.5 Å². The van der Waals surface area contributed by atoms with Gasteiger partial charge in [-0.1, -0.05) is 35.3 Å². The Hall–Kier alpha value is -1.44. The summed E-state index contributed by atoms with van der Waals surface area (Å²) in [5.41, 5.74) is 1.40. The summed E-state index contributed by atoms with van der Waals surface area (Å²) in [6.07, 6.45) is -0.135. The Morgan fingerprint density at radius 2 is 1.96 bits per heavy atom. The van der Waals surface area contributed by atoms with Crippen molar-refractivity contribution >= 4 is 39.8 Å². The normalized spacial score (nSPS) is 19.3. The van der Waals surface area contributed by atoms with Crippen molar-refractivity contribution < 1.29 is 23.7 Å². The maximum absolute atomic E-state index is 11.0. The molecule has 0 saturated carbocycles. The highest BCUT2D eigenvalue weighted by Gasteiger charge is 2.36. The fourth-order valence-electron chi connectivity index (χ4n) is 2.86. The van der Waals surface area contributed by atoms with Crippen LogP contribution < -0.4 is 4.74 Å². The lowest BCUT2D eigenvalue weighted by Crippen LogP contribution is -2.07. The lowest BCUT2D eigenvalue weighted by atomic mass is 9.98. The van der Waals surface area contributed by atoms with Crippen molar-refractivity contribution in [3.05, 3.63) is 57.6 Å². The van der Waals surface area contributed by atoms with Crippen LogP contribution in [0.3, 0.4) is 0 Å². The Kier molecular flexibility index (Phi) is 5.18. The largest absolute Gasteiger partial charge is 0.489 e. The molecule has 1 unspecified atom stereocenters. The Morgan fingerprint density at radius 1 is 1.20 bits per heavy atom. The first-order valence-corrected chi connectivity index (χ1v) is 9.92. The van der Waals surface area contributed by atoms with Gasteiger partial charge in [0.1, 0.15) is 12.4 Å². The molecule has 1 atom stereocenters. The molecule has 25 heavy (non-hydrogen) atoms. The molecule has 8 heteroatoms. The van der Waals surface area contributed by atoms with Crippen LogP contribution in [0.25, 0.3) is 0 Å². The van der Waals surface area contributed by atoms with E-state index >= 15 is 0 Å². The molecule has 0 aromatic heterocycles. The third kappa shape index (κ3) is 4.04. The van der Waals surface area contributed by atoms with Crippen LogP contribution in [0.5, 0.6) is 5.75 Å². The molecular formula is C17H16Cl2O5S. The maximum atomic E-state index is 11.0. The van der Waals surface area contributed by atoms with Crippen LogP contribution in [0.4, 0.5) is 0 Å².